The molecule has 0 aliphatic carbocycles. The van der Waals surface area contributed by atoms with Gasteiger partial charge in [0.2, 0.25) is 0 Å². The Labute approximate surface area is 66.1 Å². The number of rotatable bonds is 3. The molecular formula is C8H12N2O. The van der Waals surface area contributed by atoms with Crippen molar-refractivity contribution in [3.8, 4) is 0 Å². The molecule has 0 bridgehead atoms. The molecule has 0 amide bonds. The normalized spacial score (nSPS) is 12.9. The van der Waals surface area contributed by atoms with Gasteiger partial charge in [-0.1, -0.05) is 0 Å². The van der Waals surface area contributed by atoms with Gasteiger partial charge in [0.05, 0.1) is 6.10 Å². The summed E-state index contributed by atoms with van der Waals surface area (Å²) in [6, 6.07) is 0. The maximum atomic E-state index is 8.97. The lowest BCUT2D eigenvalue weighted by Crippen LogP contribution is -2.01. The summed E-state index contributed by atoms with van der Waals surface area (Å²) in [5, 5.41) is 8.97. The Hall–Kier alpha value is -0.960. The molecule has 0 aliphatic heterocycles. The monoisotopic (exact) mass is 152 g/mol. The van der Waals surface area contributed by atoms with Crippen LogP contribution in [-0.2, 0) is 6.42 Å². The molecular weight excluding hydrogens is 140 g/mol. The van der Waals surface area contributed by atoms with E-state index in [4.69, 9.17) is 5.11 Å². The number of aryl methyl sites for hydroxylation is 1. The van der Waals surface area contributed by atoms with Crippen molar-refractivity contribution < 1.29 is 5.11 Å². The quantitative estimate of drug-likeness (QED) is 0.696. The van der Waals surface area contributed by atoms with Crippen LogP contribution in [0.2, 0.25) is 0 Å². The topological polar surface area (TPSA) is 46.0 Å². The van der Waals surface area contributed by atoms with E-state index in [9.17, 15) is 0 Å². The van der Waals surface area contributed by atoms with E-state index in [1.165, 1.54) is 6.33 Å². The van der Waals surface area contributed by atoms with Gasteiger partial charge in [-0.3, -0.25) is 0 Å². The number of aromatic nitrogens is 2. The third-order valence-corrected chi connectivity index (χ3v) is 1.46. The van der Waals surface area contributed by atoms with Crippen molar-refractivity contribution in [3.05, 3.63) is 24.3 Å². The van der Waals surface area contributed by atoms with Gasteiger partial charge in [-0.05, 0) is 25.3 Å². The van der Waals surface area contributed by atoms with E-state index in [-0.39, 0.29) is 6.10 Å². The number of aliphatic hydroxyl groups excluding tert-OH is 1. The molecule has 0 saturated heterocycles. The molecule has 60 valence electrons. The smallest absolute Gasteiger partial charge is 0.115 e. The van der Waals surface area contributed by atoms with Crippen LogP contribution in [0.5, 0.6) is 0 Å². The molecule has 0 spiro atoms. The minimum absolute atomic E-state index is 0.241. The van der Waals surface area contributed by atoms with Gasteiger partial charge in [0.1, 0.15) is 6.33 Å². The van der Waals surface area contributed by atoms with Gasteiger partial charge >= 0.3 is 0 Å². The number of hydrogen-bond acceptors (Lipinski definition) is 3. The summed E-state index contributed by atoms with van der Waals surface area (Å²) >= 11 is 0. The maximum absolute atomic E-state index is 8.97. The molecule has 1 aromatic heterocycles. The Morgan fingerprint density at radius 2 is 2.09 bits per heavy atom. The van der Waals surface area contributed by atoms with Gasteiger partial charge in [-0.25, -0.2) is 9.97 Å². The van der Waals surface area contributed by atoms with Crippen LogP contribution in [0.3, 0.4) is 0 Å². The highest BCUT2D eigenvalue weighted by Gasteiger charge is 1.96. The molecule has 0 radical (unpaired) electrons. The van der Waals surface area contributed by atoms with Crippen LogP contribution >= 0.6 is 0 Å². The third-order valence-electron chi connectivity index (χ3n) is 1.46. The minimum atomic E-state index is -0.241. The molecule has 0 fully saturated rings. The minimum Gasteiger partial charge on any atom is -0.393 e. The van der Waals surface area contributed by atoms with Gasteiger partial charge in [0.15, 0.2) is 0 Å². The Kier molecular flexibility index (Phi) is 2.98. The van der Waals surface area contributed by atoms with E-state index in [0.717, 1.165) is 18.4 Å². The van der Waals surface area contributed by atoms with E-state index in [1.54, 1.807) is 19.3 Å². The van der Waals surface area contributed by atoms with Crippen LogP contribution in [0.1, 0.15) is 18.9 Å². The zero-order chi connectivity index (χ0) is 8.10. The molecule has 0 unspecified atom stereocenters. The first-order valence-corrected chi connectivity index (χ1v) is 3.71. The van der Waals surface area contributed by atoms with Crippen molar-refractivity contribution in [2.24, 2.45) is 0 Å². The lowest BCUT2D eigenvalue weighted by Gasteiger charge is -2.01. The highest BCUT2D eigenvalue weighted by molar-refractivity contribution is 5.02. The van der Waals surface area contributed by atoms with Gasteiger partial charge in [-0.2, -0.15) is 0 Å². The summed E-state index contributed by atoms with van der Waals surface area (Å²) in [5.41, 5.74) is 1.08. The fourth-order valence-corrected chi connectivity index (χ4v) is 0.835. The molecule has 0 aromatic carbocycles. The number of nitrogens with zero attached hydrogens (tertiary/aromatic N) is 2. The second-order valence-electron chi connectivity index (χ2n) is 2.63. The van der Waals surface area contributed by atoms with Gasteiger partial charge < -0.3 is 5.11 Å². The van der Waals surface area contributed by atoms with Crippen LogP contribution in [0.4, 0.5) is 0 Å². The Morgan fingerprint density at radius 1 is 1.45 bits per heavy atom. The standard InChI is InChI=1S/C8H12N2O/c1-7(11)2-3-8-4-9-6-10-5-8/h4-7,11H,2-3H2,1H3/t7-/m1/s1. The van der Waals surface area contributed by atoms with Gasteiger partial charge in [0, 0.05) is 12.4 Å². The Bertz CT molecular complexity index is 199. The van der Waals surface area contributed by atoms with E-state index in [0.29, 0.717) is 0 Å². The molecule has 1 aromatic rings. The highest BCUT2D eigenvalue weighted by atomic mass is 16.3. The van der Waals surface area contributed by atoms with Crippen molar-refractivity contribution >= 4 is 0 Å². The first-order valence-electron chi connectivity index (χ1n) is 3.71. The first-order chi connectivity index (χ1) is 5.29. The van der Waals surface area contributed by atoms with Crippen LogP contribution in [0.25, 0.3) is 0 Å². The molecule has 11 heavy (non-hydrogen) atoms. The summed E-state index contributed by atoms with van der Waals surface area (Å²) in [5.74, 6) is 0. The molecule has 0 saturated carbocycles. The second-order valence-corrected chi connectivity index (χ2v) is 2.63. The molecule has 1 N–H and O–H groups in total. The zero-order valence-electron chi connectivity index (χ0n) is 6.57. The predicted molar refractivity (Wildman–Crippen MR) is 42.0 cm³/mol. The fourth-order valence-electron chi connectivity index (χ4n) is 0.835. The summed E-state index contributed by atoms with van der Waals surface area (Å²) in [4.78, 5) is 7.74. The average Bonchev–Trinajstić information content (AvgIpc) is 2.03. The van der Waals surface area contributed by atoms with E-state index in [2.05, 4.69) is 9.97 Å². The summed E-state index contributed by atoms with van der Waals surface area (Å²) in [7, 11) is 0. The lowest BCUT2D eigenvalue weighted by atomic mass is 10.1. The van der Waals surface area contributed by atoms with Crippen molar-refractivity contribution in [1.29, 1.82) is 0 Å². The fraction of sp³-hybridized carbons (Fsp3) is 0.500. The molecule has 1 rings (SSSR count). The van der Waals surface area contributed by atoms with Crippen LogP contribution in [-0.4, -0.2) is 21.2 Å². The van der Waals surface area contributed by atoms with E-state index in [1.807, 2.05) is 0 Å². The summed E-state index contributed by atoms with van der Waals surface area (Å²) < 4.78 is 0. The lowest BCUT2D eigenvalue weighted by molar-refractivity contribution is 0.185. The van der Waals surface area contributed by atoms with Crippen LogP contribution in [0, 0.1) is 0 Å². The zero-order valence-corrected chi connectivity index (χ0v) is 6.57. The number of aliphatic hydroxyl groups is 1. The van der Waals surface area contributed by atoms with Crippen molar-refractivity contribution in [2.45, 2.75) is 25.9 Å². The first kappa shape index (κ1) is 8.14. The summed E-state index contributed by atoms with van der Waals surface area (Å²) in [6.07, 6.45) is 6.43. The highest BCUT2D eigenvalue weighted by Crippen LogP contribution is 2.00. The van der Waals surface area contributed by atoms with Crippen molar-refractivity contribution in [3.63, 3.8) is 0 Å². The summed E-state index contributed by atoms with van der Waals surface area (Å²) in [6.45, 7) is 1.78. The Balaban J connectivity index is 2.39. The predicted octanol–water partition coefficient (Wildman–Crippen LogP) is 0.790. The maximum Gasteiger partial charge on any atom is 0.115 e. The van der Waals surface area contributed by atoms with E-state index >= 15 is 0 Å². The Morgan fingerprint density at radius 3 is 2.64 bits per heavy atom. The molecule has 1 atom stereocenters. The second kappa shape index (κ2) is 4.03. The third kappa shape index (κ3) is 3.09. The molecule has 3 nitrogen and oxygen atoms in total. The average molecular weight is 152 g/mol. The van der Waals surface area contributed by atoms with Gasteiger partial charge in [0.25, 0.3) is 0 Å². The van der Waals surface area contributed by atoms with Crippen molar-refractivity contribution in [2.75, 3.05) is 0 Å². The largest absolute Gasteiger partial charge is 0.393 e. The van der Waals surface area contributed by atoms with Crippen molar-refractivity contribution in [1.82, 2.24) is 9.97 Å². The van der Waals surface area contributed by atoms with Gasteiger partial charge in [-0.15, -0.1) is 0 Å². The van der Waals surface area contributed by atoms with Crippen LogP contribution in [0.15, 0.2) is 18.7 Å². The van der Waals surface area contributed by atoms with E-state index < -0.39 is 0 Å². The number of hydrogen-bond donors (Lipinski definition) is 1. The molecule has 0 aliphatic rings. The van der Waals surface area contributed by atoms with Crippen LogP contribution < -0.4 is 0 Å². The molecule has 3 heteroatoms. The SMILES string of the molecule is C[C@@H](O)CCc1cncnc1. The molecule has 1 heterocycles.